The van der Waals surface area contributed by atoms with Gasteiger partial charge in [0, 0.05) is 0 Å². The molecular formula is C18H15N5O2. The number of anilines is 1. The summed E-state index contributed by atoms with van der Waals surface area (Å²) >= 11 is 0. The summed E-state index contributed by atoms with van der Waals surface area (Å²) in [5.41, 5.74) is 7.92. The molecule has 0 bridgehead atoms. The molecule has 0 unspecified atom stereocenters. The highest BCUT2D eigenvalue weighted by atomic mass is 16.3. The van der Waals surface area contributed by atoms with Crippen LogP contribution >= 0.6 is 0 Å². The van der Waals surface area contributed by atoms with Gasteiger partial charge in [0.15, 0.2) is 11.4 Å². The van der Waals surface area contributed by atoms with Crippen LogP contribution in [0, 0.1) is 6.92 Å². The van der Waals surface area contributed by atoms with E-state index in [1.54, 1.807) is 6.07 Å². The Kier molecular flexibility index (Phi) is 3.53. The zero-order valence-electron chi connectivity index (χ0n) is 13.5. The number of nitrogens with two attached hydrogens (primary N) is 1. The minimum absolute atomic E-state index is 0.0609. The molecule has 0 spiro atoms. The van der Waals surface area contributed by atoms with Gasteiger partial charge in [0.2, 0.25) is 5.95 Å². The van der Waals surface area contributed by atoms with Crippen molar-refractivity contribution in [3.05, 3.63) is 70.3 Å². The topological polar surface area (TPSA) is 99.8 Å². The maximum atomic E-state index is 12.4. The third-order valence-corrected chi connectivity index (χ3v) is 3.87. The lowest BCUT2D eigenvalue weighted by atomic mass is 10.2. The van der Waals surface area contributed by atoms with Crippen LogP contribution in [0.5, 0.6) is 0 Å². The SMILES string of the molecule is Cc1ccc(-c2nc(N)nc3c2ncc(=O)n3Cc2ccccc2)o1. The van der Waals surface area contributed by atoms with Gasteiger partial charge in [-0.05, 0) is 24.6 Å². The summed E-state index contributed by atoms with van der Waals surface area (Å²) in [5.74, 6) is 1.35. The predicted octanol–water partition coefficient (Wildman–Crippen LogP) is 2.39. The van der Waals surface area contributed by atoms with Crippen LogP contribution in [0.1, 0.15) is 11.3 Å². The van der Waals surface area contributed by atoms with Crippen molar-refractivity contribution in [2.24, 2.45) is 0 Å². The second kappa shape index (κ2) is 5.86. The van der Waals surface area contributed by atoms with E-state index in [9.17, 15) is 4.79 Å². The third-order valence-electron chi connectivity index (χ3n) is 3.87. The van der Waals surface area contributed by atoms with Gasteiger partial charge in [0.05, 0.1) is 12.7 Å². The minimum atomic E-state index is -0.254. The third kappa shape index (κ3) is 2.76. The predicted molar refractivity (Wildman–Crippen MR) is 94.0 cm³/mol. The van der Waals surface area contributed by atoms with Crippen molar-refractivity contribution in [2.75, 3.05) is 5.73 Å². The number of rotatable bonds is 3. The fourth-order valence-corrected chi connectivity index (χ4v) is 2.71. The summed E-state index contributed by atoms with van der Waals surface area (Å²) in [7, 11) is 0. The standard InChI is InChI=1S/C18H15N5O2/c1-11-7-8-13(25-11)15-16-17(22-18(19)21-15)23(14(24)9-20-16)10-12-5-3-2-4-6-12/h2-9H,10H2,1H3,(H2,19,21,22). The van der Waals surface area contributed by atoms with Crippen LogP contribution in [-0.2, 0) is 6.54 Å². The van der Waals surface area contributed by atoms with Crippen molar-refractivity contribution < 1.29 is 4.42 Å². The molecule has 3 aromatic heterocycles. The smallest absolute Gasteiger partial charge is 0.270 e. The van der Waals surface area contributed by atoms with Crippen molar-refractivity contribution in [2.45, 2.75) is 13.5 Å². The molecule has 124 valence electrons. The number of benzene rings is 1. The van der Waals surface area contributed by atoms with E-state index in [1.807, 2.05) is 43.3 Å². The van der Waals surface area contributed by atoms with E-state index in [0.717, 1.165) is 11.3 Å². The van der Waals surface area contributed by atoms with Crippen molar-refractivity contribution in [1.82, 2.24) is 19.5 Å². The summed E-state index contributed by atoms with van der Waals surface area (Å²) in [6, 6.07) is 13.3. The molecule has 0 atom stereocenters. The summed E-state index contributed by atoms with van der Waals surface area (Å²) < 4.78 is 7.18. The molecule has 7 nitrogen and oxygen atoms in total. The van der Waals surface area contributed by atoms with Crippen LogP contribution < -0.4 is 11.3 Å². The fraction of sp³-hybridized carbons (Fsp3) is 0.111. The van der Waals surface area contributed by atoms with Gasteiger partial charge in [-0.2, -0.15) is 4.98 Å². The van der Waals surface area contributed by atoms with Crippen molar-refractivity contribution >= 4 is 17.1 Å². The second-order valence-corrected chi connectivity index (χ2v) is 5.68. The number of nitrogens with zero attached hydrogens (tertiary/aromatic N) is 4. The van der Waals surface area contributed by atoms with E-state index in [-0.39, 0.29) is 11.5 Å². The molecule has 0 aliphatic carbocycles. The molecule has 0 fully saturated rings. The highest BCUT2D eigenvalue weighted by Gasteiger charge is 2.16. The molecule has 25 heavy (non-hydrogen) atoms. The van der Waals surface area contributed by atoms with Crippen molar-refractivity contribution in [3.8, 4) is 11.5 Å². The van der Waals surface area contributed by atoms with Crippen LogP contribution in [0.2, 0.25) is 0 Å². The summed E-state index contributed by atoms with van der Waals surface area (Å²) in [5, 5.41) is 0. The van der Waals surface area contributed by atoms with Crippen LogP contribution in [0.25, 0.3) is 22.6 Å². The lowest BCUT2D eigenvalue weighted by Crippen LogP contribution is -2.22. The number of hydrogen-bond acceptors (Lipinski definition) is 6. The molecule has 0 aliphatic heterocycles. The van der Waals surface area contributed by atoms with Gasteiger partial charge in [0.25, 0.3) is 5.56 Å². The van der Waals surface area contributed by atoms with Crippen molar-refractivity contribution in [3.63, 3.8) is 0 Å². The fourth-order valence-electron chi connectivity index (χ4n) is 2.71. The Labute approximate surface area is 142 Å². The van der Waals surface area contributed by atoms with Gasteiger partial charge in [0.1, 0.15) is 17.0 Å². The molecule has 4 aromatic rings. The molecule has 4 rings (SSSR count). The average Bonchev–Trinajstić information content (AvgIpc) is 3.04. The van der Waals surface area contributed by atoms with Gasteiger partial charge in [-0.3, -0.25) is 9.36 Å². The Hall–Kier alpha value is -3.48. The average molecular weight is 333 g/mol. The number of aryl methyl sites for hydroxylation is 1. The highest BCUT2D eigenvalue weighted by molar-refractivity contribution is 5.86. The number of hydrogen-bond donors (Lipinski definition) is 1. The number of aromatic nitrogens is 4. The Bertz CT molecular complexity index is 1120. The summed E-state index contributed by atoms with van der Waals surface area (Å²) in [6.07, 6.45) is 1.27. The molecule has 0 amide bonds. The summed E-state index contributed by atoms with van der Waals surface area (Å²) in [6.45, 7) is 2.21. The first kappa shape index (κ1) is 15.1. The Balaban J connectivity index is 1.96. The van der Waals surface area contributed by atoms with Gasteiger partial charge in [-0.1, -0.05) is 30.3 Å². The quantitative estimate of drug-likeness (QED) is 0.618. The minimum Gasteiger partial charge on any atom is -0.460 e. The van der Waals surface area contributed by atoms with E-state index in [2.05, 4.69) is 15.0 Å². The van der Waals surface area contributed by atoms with E-state index in [1.165, 1.54) is 10.8 Å². The van der Waals surface area contributed by atoms with E-state index in [4.69, 9.17) is 10.2 Å². The van der Waals surface area contributed by atoms with Gasteiger partial charge in [-0.25, -0.2) is 9.97 Å². The molecular weight excluding hydrogens is 318 g/mol. The lowest BCUT2D eigenvalue weighted by molar-refractivity contribution is 0.547. The van der Waals surface area contributed by atoms with Crippen molar-refractivity contribution in [1.29, 1.82) is 0 Å². The molecule has 0 saturated heterocycles. The maximum absolute atomic E-state index is 12.4. The number of nitrogen functional groups attached to an aromatic ring is 1. The highest BCUT2D eigenvalue weighted by Crippen LogP contribution is 2.26. The molecule has 2 N–H and O–H groups in total. The molecule has 0 aliphatic rings. The van der Waals surface area contributed by atoms with Crippen LogP contribution in [-0.4, -0.2) is 19.5 Å². The molecule has 3 heterocycles. The summed E-state index contributed by atoms with van der Waals surface area (Å²) in [4.78, 5) is 25.1. The van der Waals surface area contributed by atoms with Gasteiger partial charge < -0.3 is 10.2 Å². The van der Waals surface area contributed by atoms with E-state index >= 15 is 0 Å². The Morgan fingerprint density at radius 2 is 1.92 bits per heavy atom. The first-order valence-corrected chi connectivity index (χ1v) is 7.75. The van der Waals surface area contributed by atoms with Gasteiger partial charge in [-0.15, -0.1) is 0 Å². The molecule has 1 aromatic carbocycles. The van der Waals surface area contributed by atoms with Crippen LogP contribution in [0.3, 0.4) is 0 Å². The van der Waals surface area contributed by atoms with Gasteiger partial charge >= 0.3 is 0 Å². The number of furan rings is 1. The monoisotopic (exact) mass is 333 g/mol. The maximum Gasteiger partial charge on any atom is 0.270 e. The zero-order chi connectivity index (χ0) is 17.4. The molecule has 7 heteroatoms. The Morgan fingerprint density at radius 1 is 1.12 bits per heavy atom. The van der Waals surface area contributed by atoms with Crippen LogP contribution in [0.15, 0.2) is 57.9 Å². The van der Waals surface area contributed by atoms with E-state index in [0.29, 0.717) is 29.2 Å². The Morgan fingerprint density at radius 3 is 2.64 bits per heavy atom. The lowest BCUT2D eigenvalue weighted by Gasteiger charge is -2.11. The first-order valence-electron chi connectivity index (χ1n) is 7.75. The zero-order valence-corrected chi connectivity index (χ0v) is 13.5. The number of fused-ring (bicyclic) bond motifs is 1. The van der Waals surface area contributed by atoms with E-state index < -0.39 is 0 Å². The van der Waals surface area contributed by atoms with Crippen LogP contribution in [0.4, 0.5) is 5.95 Å². The largest absolute Gasteiger partial charge is 0.460 e. The molecule has 0 radical (unpaired) electrons. The first-order chi connectivity index (χ1) is 12.1. The normalized spacial score (nSPS) is 11.1. The molecule has 0 saturated carbocycles. The second-order valence-electron chi connectivity index (χ2n) is 5.68.